The van der Waals surface area contributed by atoms with Crippen molar-refractivity contribution in [1.82, 2.24) is 0 Å². The highest BCUT2D eigenvalue weighted by molar-refractivity contribution is 5.77. The van der Waals surface area contributed by atoms with Crippen molar-refractivity contribution in [2.75, 3.05) is 26.4 Å². The fourth-order valence-electron chi connectivity index (χ4n) is 5.73. The number of ether oxygens (including phenoxy) is 5. The van der Waals surface area contributed by atoms with E-state index < -0.39 is 11.7 Å². The molecule has 7 nitrogen and oxygen atoms in total. The van der Waals surface area contributed by atoms with Crippen molar-refractivity contribution in [2.45, 2.75) is 56.7 Å². The zero-order valence-electron chi connectivity index (χ0n) is 23.1. The lowest BCUT2D eigenvalue weighted by Crippen LogP contribution is -2.41. The van der Waals surface area contributed by atoms with E-state index in [0.29, 0.717) is 74.1 Å². The highest BCUT2D eigenvalue weighted by Crippen LogP contribution is 2.49. The van der Waals surface area contributed by atoms with Gasteiger partial charge in [0.25, 0.3) is 0 Å². The average Bonchev–Trinajstić information content (AvgIpc) is 3.68. The Morgan fingerprint density at radius 2 is 1.71 bits per heavy atom. The molecule has 3 aromatic carbocycles. The van der Waals surface area contributed by atoms with E-state index in [-0.39, 0.29) is 30.2 Å². The third-order valence-electron chi connectivity index (χ3n) is 8.19. The smallest absolute Gasteiger partial charge is 0.309 e. The molecule has 1 aliphatic heterocycles. The molecule has 3 aromatic rings. The van der Waals surface area contributed by atoms with Crippen molar-refractivity contribution in [1.29, 1.82) is 0 Å². The van der Waals surface area contributed by atoms with E-state index in [1.807, 2.05) is 31.2 Å². The van der Waals surface area contributed by atoms with Crippen LogP contribution in [0, 0.1) is 11.7 Å². The Kier molecular flexibility index (Phi) is 7.86. The van der Waals surface area contributed by atoms with Crippen molar-refractivity contribution in [3.8, 4) is 23.0 Å². The lowest BCUT2D eigenvalue weighted by Gasteiger charge is -2.31. The largest absolute Gasteiger partial charge is 0.491 e. The summed E-state index contributed by atoms with van der Waals surface area (Å²) in [6.45, 7) is 3.49. The molecule has 41 heavy (non-hydrogen) atoms. The van der Waals surface area contributed by atoms with Gasteiger partial charge >= 0.3 is 5.97 Å². The van der Waals surface area contributed by atoms with Crippen LogP contribution in [0.25, 0.3) is 0 Å². The number of aliphatic hydroxyl groups is 1. The predicted octanol–water partition coefficient (Wildman–Crippen LogP) is 6.27. The summed E-state index contributed by atoms with van der Waals surface area (Å²) in [6, 6.07) is 18.0. The zero-order valence-corrected chi connectivity index (χ0v) is 23.1. The molecule has 3 atom stereocenters. The van der Waals surface area contributed by atoms with Crippen molar-refractivity contribution >= 4 is 5.97 Å². The molecule has 1 heterocycles. The van der Waals surface area contributed by atoms with Crippen molar-refractivity contribution in [2.24, 2.45) is 5.92 Å². The van der Waals surface area contributed by atoms with E-state index in [0.717, 1.165) is 17.5 Å². The Bertz CT molecular complexity index is 1370. The summed E-state index contributed by atoms with van der Waals surface area (Å²) in [5.74, 6) is 2.19. The first-order valence-corrected chi connectivity index (χ1v) is 14.4. The van der Waals surface area contributed by atoms with Crippen molar-refractivity contribution < 1.29 is 38.0 Å². The number of carbonyl (C=O) groups excluding carboxylic acids is 1. The number of benzene rings is 3. The van der Waals surface area contributed by atoms with Crippen LogP contribution in [0.5, 0.6) is 23.0 Å². The number of esters is 1. The zero-order chi connectivity index (χ0) is 28.4. The molecule has 0 radical (unpaired) electrons. The van der Waals surface area contributed by atoms with Crippen LogP contribution in [0.1, 0.15) is 61.3 Å². The van der Waals surface area contributed by atoms with Gasteiger partial charge in [0.05, 0.1) is 12.5 Å². The summed E-state index contributed by atoms with van der Waals surface area (Å²) in [5.41, 5.74) is 1.55. The minimum atomic E-state index is -0.868. The molecule has 1 saturated heterocycles. The molecule has 3 aliphatic rings. The standard InChI is InChI=1S/C33H35FO7/c1-2-38-32(35)27-19-26(27)21-3-5-23(6-4-21)41-30-13-11-25-29(14-12-28(34)31(25)30)40-24-9-7-22(8-10-24)39-20-33(36)15-17-37-18-16-33/h3-10,12,14,26-27,30,36H,2,11,13,15-20H2,1H3/t26-,27+,30-/m1/s1. The number of rotatable bonds is 10. The van der Waals surface area contributed by atoms with Gasteiger partial charge in [-0.3, -0.25) is 4.79 Å². The summed E-state index contributed by atoms with van der Waals surface area (Å²) in [5, 5.41) is 10.6. The molecule has 2 fully saturated rings. The lowest BCUT2D eigenvalue weighted by molar-refractivity contribution is -0.144. The summed E-state index contributed by atoms with van der Waals surface area (Å²) in [6.07, 6.45) is 2.77. The molecule has 0 spiro atoms. The lowest BCUT2D eigenvalue weighted by atomic mass is 9.96. The quantitative estimate of drug-likeness (QED) is 0.292. The van der Waals surface area contributed by atoms with Gasteiger partial charge in [-0.15, -0.1) is 0 Å². The summed E-state index contributed by atoms with van der Waals surface area (Å²) >= 11 is 0. The van der Waals surface area contributed by atoms with Gasteiger partial charge in [0.15, 0.2) is 0 Å². The van der Waals surface area contributed by atoms with Gasteiger partial charge in [0.2, 0.25) is 0 Å². The van der Waals surface area contributed by atoms with Crippen LogP contribution < -0.4 is 14.2 Å². The van der Waals surface area contributed by atoms with Gasteiger partial charge < -0.3 is 28.8 Å². The van der Waals surface area contributed by atoms with Gasteiger partial charge in [0.1, 0.15) is 47.1 Å². The topological polar surface area (TPSA) is 83.5 Å². The molecular formula is C33H35FO7. The second-order valence-electron chi connectivity index (χ2n) is 11.1. The monoisotopic (exact) mass is 562 g/mol. The molecule has 216 valence electrons. The van der Waals surface area contributed by atoms with Crippen LogP contribution in [0.4, 0.5) is 4.39 Å². The van der Waals surface area contributed by atoms with Gasteiger partial charge in [-0.2, -0.15) is 0 Å². The first-order chi connectivity index (χ1) is 19.9. The predicted molar refractivity (Wildman–Crippen MR) is 149 cm³/mol. The molecular weight excluding hydrogens is 527 g/mol. The van der Waals surface area contributed by atoms with E-state index in [2.05, 4.69) is 0 Å². The number of halogens is 1. The maximum Gasteiger partial charge on any atom is 0.309 e. The Morgan fingerprint density at radius 3 is 2.44 bits per heavy atom. The number of carbonyl (C=O) groups is 1. The maximum atomic E-state index is 15.0. The maximum absolute atomic E-state index is 15.0. The van der Waals surface area contributed by atoms with E-state index in [9.17, 15) is 9.90 Å². The molecule has 1 N–H and O–H groups in total. The van der Waals surface area contributed by atoms with E-state index >= 15 is 4.39 Å². The van der Waals surface area contributed by atoms with Crippen LogP contribution in [0.2, 0.25) is 0 Å². The van der Waals surface area contributed by atoms with Gasteiger partial charge in [-0.25, -0.2) is 4.39 Å². The average molecular weight is 563 g/mol. The highest BCUT2D eigenvalue weighted by Gasteiger charge is 2.45. The van der Waals surface area contributed by atoms with Crippen LogP contribution >= 0.6 is 0 Å². The fraction of sp³-hybridized carbons (Fsp3) is 0.424. The number of hydrogen-bond acceptors (Lipinski definition) is 7. The molecule has 0 aromatic heterocycles. The third kappa shape index (κ3) is 6.19. The molecule has 6 rings (SSSR count). The number of fused-ring (bicyclic) bond motifs is 1. The van der Waals surface area contributed by atoms with Crippen LogP contribution in [0.15, 0.2) is 60.7 Å². The van der Waals surface area contributed by atoms with E-state index in [1.165, 1.54) is 6.07 Å². The molecule has 0 amide bonds. The highest BCUT2D eigenvalue weighted by atomic mass is 19.1. The summed E-state index contributed by atoms with van der Waals surface area (Å²) in [7, 11) is 0. The van der Waals surface area contributed by atoms with Gasteiger partial charge in [0, 0.05) is 37.2 Å². The molecule has 0 bridgehead atoms. The van der Waals surface area contributed by atoms with Crippen LogP contribution in [0.3, 0.4) is 0 Å². The minimum Gasteiger partial charge on any atom is -0.491 e. The normalized spacial score (nSPS) is 22.5. The molecule has 1 saturated carbocycles. The van der Waals surface area contributed by atoms with E-state index in [4.69, 9.17) is 23.7 Å². The SMILES string of the molecule is CCOC(=O)[C@H]1C[C@@H]1c1ccc(O[C@@H]2CCc3c(Oc4ccc(OCC5(O)CCOCC5)cc4)ccc(F)c32)cc1. The number of hydrogen-bond donors (Lipinski definition) is 1. The van der Waals surface area contributed by atoms with Crippen LogP contribution in [-0.2, 0) is 20.7 Å². The summed E-state index contributed by atoms with van der Waals surface area (Å²) < 4.78 is 43.7. The summed E-state index contributed by atoms with van der Waals surface area (Å²) in [4.78, 5) is 12.0. The Hall–Kier alpha value is -3.62. The van der Waals surface area contributed by atoms with Gasteiger partial charge in [-0.05, 0) is 86.2 Å². The fourth-order valence-corrected chi connectivity index (χ4v) is 5.73. The molecule has 8 heteroatoms. The third-order valence-corrected chi connectivity index (χ3v) is 8.19. The Labute approximate surface area is 239 Å². The van der Waals surface area contributed by atoms with Crippen molar-refractivity contribution in [3.63, 3.8) is 0 Å². The second kappa shape index (κ2) is 11.7. The Morgan fingerprint density at radius 1 is 1.00 bits per heavy atom. The first-order valence-electron chi connectivity index (χ1n) is 14.4. The second-order valence-corrected chi connectivity index (χ2v) is 11.1. The first kappa shape index (κ1) is 27.5. The van der Waals surface area contributed by atoms with Crippen molar-refractivity contribution in [3.05, 3.63) is 83.2 Å². The Balaban J connectivity index is 1.08. The molecule has 0 unspecified atom stereocenters. The van der Waals surface area contributed by atoms with Gasteiger partial charge in [-0.1, -0.05) is 12.1 Å². The van der Waals surface area contributed by atoms with E-state index in [1.54, 1.807) is 30.3 Å². The van der Waals surface area contributed by atoms with Crippen LogP contribution in [-0.4, -0.2) is 43.1 Å². The molecule has 2 aliphatic carbocycles. The minimum absolute atomic E-state index is 0.0654.